The summed E-state index contributed by atoms with van der Waals surface area (Å²) in [6.45, 7) is 7.58. The van der Waals surface area contributed by atoms with E-state index < -0.39 is 0 Å². The summed E-state index contributed by atoms with van der Waals surface area (Å²) in [7, 11) is 4.12. The van der Waals surface area contributed by atoms with Crippen LogP contribution in [0.1, 0.15) is 31.9 Å². The molecule has 112 valence electrons. The van der Waals surface area contributed by atoms with Crippen molar-refractivity contribution in [2.24, 2.45) is 0 Å². The van der Waals surface area contributed by atoms with Gasteiger partial charge in [-0.25, -0.2) is 0 Å². The van der Waals surface area contributed by atoms with Crippen molar-refractivity contribution in [1.29, 1.82) is 0 Å². The first-order valence-corrected chi connectivity index (χ1v) is 7.47. The summed E-state index contributed by atoms with van der Waals surface area (Å²) in [6, 6.07) is 17.4. The van der Waals surface area contributed by atoms with Crippen LogP contribution in [0.3, 0.4) is 0 Å². The zero-order valence-electron chi connectivity index (χ0n) is 13.8. The van der Waals surface area contributed by atoms with Gasteiger partial charge in [0.15, 0.2) is 0 Å². The van der Waals surface area contributed by atoms with Gasteiger partial charge in [-0.15, -0.1) is 0 Å². The Bertz CT molecular complexity index is 577. The molecule has 0 unspecified atom stereocenters. The monoisotopic (exact) mass is 282 g/mol. The smallest absolute Gasteiger partial charge is 0.0400 e. The van der Waals surface area contributed by atoms with Gasteiger partial charge in [0.05, 0.1) is 0 Å². The first kappa shape index (κ1) is 15.4. The van der Waals surface area contributed by atoms with Gasteiger partial charge in [0.25, 0.3) is 0 Å². The van der Waals surface area contributed by atoms with Crippen LogP contribution in [0, 0.1) is 0 Å². The van der Waals surface area contributed by atoms with Crippen LogP contribution in [0.4, 0.5) is 11.4 Å². The Labute approximate surface area is 128 Å². The van der Waals surface area contributed by atoms with Gasteiger partial charge in [-0.3, -0.25) is 0 Å². The number of nitrogens with one attached hydrogen (secondary N) is 1. The maximum Gasteiger partial charge on any atom is 0.0400 e. The Kier molecular flexibility index (Phi) is 4.56. The molecule has 0 saturated carbocycles. The van der Waals surface area contributed by atoms with Crippen LogP contribution in [0.25, 0.3) is 0 Å². The predicted molar refractivity (Wildman–Crippen MR) is 93.2 cm³/mol. The molecule has 21 heavy (non-hydrogen) atoms. The third-order valence-electron chi connectivity index (χ3n) is 3.68. The highest BCUT2D eigenvalue weighted by molar-refractivity contribution is 5.57. The Morgan fingerprint density at radius 2 is 1.62 bits per heavy atom. The topological polar surface area (TPSA) is 15.3 Å². The van der Waals surface area contributed by atoms with Crippen LogP contribution in [-0.2, 0) is 12.0 Å². The molecule has 0 aliphatic carbocycles. The molecule has 2 aromatic carbocycles. The Hall–Kier alpha value is -1.96. The lowest BCUT2D eigenvalue weighted by molar-refractivity contribution is 0.590. The molecule has 0 aliphatic rings. The number of benzene rings is 2. The minimum atomic E-state index is 0.214. The summed E-state index contributed by atoms with van der Waals surface area (Å²) in [5.41, 5.74) is 5.26. The van der Waals surface area contributed by atoms with Gasteiger partial charge in [0, 0.05) is 32.0 Å². The molecule has 0 fully saturated rings. The van der Waals surface area contributed by atoms with E-state index in [1.807, 2.05) is 0 Å². The predicted octanol–water partition coefficient (Wildman–Crippen LogP) is 4.66. The number of rotatable bonds is 4. The van der Waals surface area contributed by atoms with Gasteiger partial charge in [-0.2, -0.15) is 0 Å². The molecule has 1 N–H and O–H groups in total. The maximum absolute atomic E-state index is 3.49. The number of nitrogens with zero attached hydrogens (tertiary/aromatic N) is 1. The van der Waals surface area contributed by atoms with Crippen molar-refractivity contribution in [1.82, 2.24) is 0 Å². The van der Waals surface area contributed by atoms with Gasteiger partial charge in [0.1, 0.15) is 0 Å². The molecule has 0 heterocycles. The van der Waals surface area contributed by atoms with E-state index >= 15 is 0 Å². The van der Waals surface area contributed by atoms with Crippen LogP contribution in [0.15, 0.2) is 48.5 Å². The molecule has 0 bridgehead atoms. The lowest BCUT2D eigenvalue weighted by Gasteiger charge is -2.19. The van der Waals surface area contributed by atoms with Crippen molar-refractivity contribution >= 4 is 11.4 Å². The van der Waals surface area contributed by atoms with Crippen LogP contribution < -0.4 is 10.2 Å². The Morgan fingerprint density at radius 1 is 0.952 bits per heavy atom. The van der Waals surface area contributed by atoms with Crippen LogP contribution in [-0.4, -0.2) is 14.1 Å². The molecule has 0 amide bonds. The van der Waals surface area contributed by atoms with Crippen molar-refractivity contribution in [2.45, 2.75) is 32.7 Å². The van der Waals surface area contributed by atoms with Gasteiger partial charge in [-0.05, 0) is 34.7 Å². The van der Waals surface area contributed by atoms with E-state index in [1.54, 1.807) is 0 Å². The zero-order valence-corrected chi connectivity index (χ0v) is 13.8. The van der Waals surface area contributed by atoms with Crippen molar-refractivity contribution in [3.63, 3.8) is 0 Å². The van der Waals surface area contributed by atoms with Crippen LogP contribution in [0.5, 0.6) is 0 Å². The second kappa shape index (κ2) is 6.21. The van der Waals surface area contributed by atoms with E-state index in [-0.39, 0.29) is 5.41 Å². The molecule has 0 radical (unpaired) electrons. The lowest BCUT2D eigenvalue weighted by atomic mass is 9.87. The second-order valence-electron chi connectivity index (χ2n) is 6.75. The molecule has 2 rings (SSSR count). The molecule has 0 aliphatic heterocycles. The van der Waals surface area contributed by atoms with Crippen LogP contribution >= 0.6 is 0 Å². The van der Waals surface area contributed by atoms with E-state index in [2.05, 4.69) is 93.6 Å². The first-order chi connectivity index (χ1) is 9.86. The summed E-state index contributed by atoms with van der Waals surface area (Å²) >= 11 is 0. The quantitative estimate of drug-likeness (QED) is 0.877. The standard InChI is InChI=1S/C19H26N2/c1-19(2,3)16-11-9-15(10-12-16)14-20-17-7-6-8-18(13-17)21(4)5/h6-13,20H,14H2,1-5H3. The largest absolute Gasteiger partial charge is 0.381 e. The van der Waals surface area contributed by atoms with E-state index in [0.717, 1.165) is 12.2 Å². The van der Waals surface area contributed by atoms with Crippen molar-refractivity contribution in [2.75, 3.05) is 24.3 Å². The van der Waals surface area contributed by atoms with Crippen molar-refractivity contribution in [3.8, 4) is 0 Å². The zero-order chi connectivity index (χ0) is 15.5. The highest BCUT2D eigenvalue weighted by atomic mass is 15.1. The van der Waals surface area contributed by atoms with Gasteiger partial charge in [0.2, 0.25) is 0 Å². The van der Waals surface area contributed by atoms with E-state index in [1.165, 1.54) is 16.8 Å². The van der Waals surface area contributed by atoms with Crippen molar-refractivity contribution < 1.29 is 0 Å². The highest BCUT2D eigenvalue weighted by Crippen LogP contribution is 2.23. The molecule has 2 heteroatoms. The van der Waals surface area contributed by atoms with Gasteiger partial charge < -0.3 is 10.2 Å². The van der Waals surface area contributed by atoms with E-state index in [0.29, 0.717) is 0 Å². The van der Waals surface area contributed by atoms with Crippen LogP contribution in [0.2, 0.25) is 0 Å². The van der Waals surface area contributed by atoms with E-state index in [9.17, 15) is 0 Å². The molecule has 0 spiro atoms. The van der Waals surface area contributed by atoms with Crippen molar-refractivity contribution in [3.05, 3.63) is 59.7 Å². The third kappa shape index (κ3) is 4.25. The normalized spacial score (nSPS) is 11.3. The molecule has 0 atom stereocenters. The average Bonchev–Trinajstić information content (AvgIpc) is 2.45. The summed E-state index contributed by atoms with van der Waals surface area (Å²) < 4.78 is 0. The number of hydrogen-bond acceptors (Lipinski definition) is 2. The summed E-state index contributed by atoms with van der Waals surface area (Å²) in [6.07, 6.45) is 0. The summed E-state index contributed by atoms with van der Waals surface area (Å²) in [5, 5.41) is 3.49. The highest BCUT2D eigenvalue weighted by Gasteiger charge is 2.12. The molecule has 2 aromatic rings. The fraction of sp³-hybridized carbons (Fsp3) is 0.368. The lowest BCUT2D eigenvalue weighted by Crippen LogP contribution is -2.11. The maximum atomic E-state index is 3.49. The fourth-order valence-electron chi connectivity index (χ4n) is 2.22. The minimum Gasteiger partial charge on any atom is -0.381 e. The summed E-state index contributed by atoms with van der Waals surface area (Å²) in [4.78, 5) is 2.11. The molecule has 2 nitrogen and oxygen atoms in total. The molecular formula is C19H26N2. The third-order valence-corrected chi connectivity index (χ3v) is 3.68. The SMILES string of the molecule is CN(C)c1cccc(NCc2ccc(C(C)(C)C)cc2)c1. The Morgan fingerprint density at radius 3 is 2.19 bits per heavy atom. The van der Waals surface area contributed by atoms with E-state index in [4.69, 9.17) is 0 Å². The molecule has 0 saturated heterocycles. The number of anilines is 2. The minimum absolute atomic E-state index is 0.214. The number of hydrogen-bond donors (Lipinski definition) is 1. The molecular weight excluding hydrogens is 256 g/mol. The second-order valence-corrected chi connectivity index (χ2v) is 6.75. The van der Waals surface area contributed by atoms with Gasteiger partial charge >= 0.3 is 0 Å². The average molecular weight is 282 g/mol. The Balaban J connectivity index is 2.01. The molecule has 0 aromatic heterocycles. The summed E-state index contributed by atoms with van der Waals surface area (Å²) in [5.74, 6) is 0. The first-order valence-electron chi connectivity index (χ1n) is 7.47. The fourth-order valence-corrected chi connectivity index (χ4v) is 2.22. The van der Waals surface area contributed by atoms with Gasteiger partial charge in [-0.1, -0.05) is 51.1 Å².